The van der Waals surface area contributed by atoms with E-state index in [2.05, 4.69) is 10.3 Å². The molecule has 0 aliphatic heterocycles. The number of aromatic carboxylic acids is 1. The summed E-state index contributed by atoms with van der Waals surface area (Å²) < 4.78 is 11.2. The van der Waals surface area contributed by atoms with Gasteiger partial charge in [0.1, 0.15) is 11.4 Å². The van der Waals surface area contributed by atoms with Gasteiger partial charge in [-0.25, -0.2) is 9.78 Å². The Kier molecular flexibility index (Phi) is 5.09. The monoisotopic (exact) mass is 256 g/mol. The molecule has 2 N–H and O–H groups in total. The van der Waals surface area contributed by atoms with Gasteiger partial charge < -0.3 is 10.4 Å². The first-order chi connectivity index (χ1) is 8.04. The molecule has 6 heteroatoms. The maximum absolute atomic E-state index is 11.2. The molecule has 1 aromatic rings. The normalized spacial score (nSPS) is 12.1. The molecule has 0 spiro atoms. The molecule has 0 bridgehead atoms. The molecule has 0 aliphatic carbocycles. The number of anilines is 1. The lowest BCUT2D eigenvalue weighted by molar-refractivity contribution is 0.0697. The number of carboxylic acid groups (broad SMARTS) is 1. The highest BCUT2D eigenvalue weighted by atomic mass is 32.2. The van der Waals surface area contributed by atoms with Gasteiger partial charge in [-0.2, -0.15) is 0 Å². The van der Waals surface area contributed by atoms with Crippen LogP contribution in [0.4, 0.5) is 5.82 Å². The van der Waals surface area contributed by atoms with Crippen LogP contribution in [0, 0.1) is 6.92 Å². The lowest BCUT2D eigenvalue weighted by Gasteiger charge is -2.08. The van der Waals surface area contributed by atoms with Crippen molar-refractivity contribution in [1.82, 2.24) is 4.98 Å². The predicted molar refractivity (Wildman–Crippen MR) is 68.0 cm³/mol. The van der Waals surface area contributed by atoms with Crippen molar-refractivity contribution in [3.05, 3.63) is 23.4 Å². The van der Waals surface area contributed by atoms with E-state index >= 15 is 0 Å². The zero-order chi connectivity index (χ0) is 12.8. The Morgan fingerprint density at radius 2 is 2.24 bits per heavy atom. The first-order valence-electron chi connectivity index (χ1n) is 5.34. The van der Waals surface area contributed by atoms with Crippen molar-refractivity contribution in [2.45, 2.75) is 13.8 Å². The molecule has 0 aromatic carbocycles. The molecule has 0 aliphatic rings. The molecule has 0 fully saturated rings. The first-order valence-corrected chi connectivity index (χ1v) is 6.83. The molecule has 0 radical (unpaired) electrons. The number of hydrogen-bond donors (Lipinski definition) is 2. The van der Waals surface area contributed by atoms with Crippen molar-refractivity contribution in [2.24, 2.45) is 0 Å². The van der Waals surface area contributed by atoms with Crippen LogP contribution < -0.4 is 5.32 Å². The Hall–Kier alpha value is -1.43. The Bertz CT molecular complexity index is 435. The summed E-state index contributed by atoms with van der Waals surface area (Å²) in [5.41, 5.74) is 0.881. The van der Waals surface area contributed by atoms with Crippen LogP contribution in [-0.4, -0.2) is 38.3 Å². The van der Waals surface area contributed by atoms with E-state index in [4.69, 9.17) is 5.11 Å². The van der Waals surface area contributed by atoms with Crippen molar-refractivity contribution in [3.8, 4) is 0 Å². The summed E-state index contributed by atoms with van der Waals surface area (Å²) in [6.07, 6.45) is 0. The molecule has 5 nitrogen and oxygen atoms in total. The molecule has 0 amide bonds. The largest absolute Gasteiger partial charge is 0.478 e. The number of rotatable bonds is 6. The maximum Gasteiger partial charge on any atom is 0.339 e. The molecule has 17 heavy (non-hydrogen) atoms. The average molecular weight is 256 g/mol. The fourth-order valence-electron chi connectivity index (χ4n) is 1.29. The smallest absolute Gasteiger partial charge is 0.339 e. The van der Waals surface area contributed by atoms with Crippen LogP contribution in [-0.2, 0) is 10.8 Å². The summed E-state index contributed by atoms with van der Waals surface area (Å²) in [5.74, 6) is 0.419. The number of aromatic nitrogens is 1. The number of nitrogens with one attached hydrogen (secondary N) is 1. The van der Waals surface area contributed by atoms with E-state index < -0.39 is 16.8 Å². The highest BCUT2D eigenvalue weighted by molar-refractivity contribution is 7.84. The van der Waals surface area contributed by atoms with Gasteiger partial charge in [0.15, 0.2) is 0 Å². The van der Waals surface area contributed by atoms with Gasteiger partial charge >= 0.3 is 5.97 Å². The number of pyridine rings is 1. The molecule has 94 valence electrons. The Labute approximate surface area is 103 Å². The van der Waals surface area contributed by atoms with E-state index in [-0.39, 0.29) is 5.56 Å². The van der Waals surface area contributed by atoms with Gasteiger partial charge in [-0.05, 0) is 19.1 Å². The number of nitrogens with zero attached hydrogens (tertiary/aromatic N) is 1. The minimum absolute atomic E-state index is 0.137. The van der Waals surface area contributed by atoms with Gasteiger partial charge in [0.2, 0.25) is 0 Å². The van der Waals surface area contributed by atoms with E-state index in [1.165, 1.54) is 6.07 Å². The van der Waals surface area contributed by atoms with Crippen LogP contribution in [0.1, 0.15) is 23.0 Å². The lowest BCUT2D eigenvalue weighted by Crippen LogP contribution is -2.15. The highest BCUT2D eigenvalue weighted by Crippen LogP contribution is 2.13. The van der Waals surface area contributed by atoms with E-state index in [1.54, 1.807) is 13.0 Å². The van der Waals surface area contributed by atoms with Crippen LogP contribution in [0.2, 0.25) is 0 Å². The third kappa shape index (κ3) is 4.14. The van der Waals surface area contributed by atoms with Crippen molar-refractivity contribution >= 4 is 22.6 Å². The summed E-state index contributed by atoms with van der Waals surface area (Å²) in [6.45, 7) is 4.10. The van der Waals surface area contributed by atoms with Crippen LogP contribution in [0.3, 0.4) is 0 Å². The van der Waals surface area contributed by atoms with E-state index in [9.17, 15) is 9.00 Å². The molecular weight excluding hydrogens is 240 g/mol. The van der Waals surface area contributed by atoms with Crippen molar-refractivity contribution in [3.63, 3.8) is 0 Å². The van der Waals surface area contributed by atoms with Gasteiger partial charge in [-0.15, -0.1) is 0 Å². The molecule has 0 saturated carbocycles. The quantitative estimate of drug-likeness (QED) is 0.801. The molecule has 1 rings (SSSR count). The zero-order valence-corrected chi connectivity index (χ0v) is 10.7. The molecule has 1 unspecified atom stereocenters. The number of aryl methyl sites for hydroxylation is 1. The Balaban J connectivity index is 2.72. The highest BCUT2D eigenvalue weighted by Gasteiger charge is 2.11. The SMILES string of the molecule is CCS(=O)CCNc1nc(C)ccc1C(=O)O. The Morgan fingerprint density at radius 1 is 1.53 bits per heavy atom. The van der Waals surface area contributed by atoms with E-state index in [1.807, 2.05) is 6.92 Å². The second-order valence-corrected chi connectivity index (χ2v) is 5.38. The fraction of sp³-hybridized carbons (Fsp3) is 0.455. The second-order valence-electron chi connectivity index (χ2n) is 3.51. The zero-order valence-electron chi connectivity index (χ0n) is 9.90. The minimum Gasteiger partial charge on any atom is -0.478 e. The van der Waals surface area contributed by atoms with Gasteiger partial charge in [-0.3, -0.25) is 4.21 Å². The third-order valence-corrected chi connectivity index (χ3v) is 3.51. The summed E-state index contributed by atoms with van der Waals surface area (Å²) in [7, 11) is -0.861. The molecule has 1 aromatic heterocycles. The maximum atomic E-state index is 11.2. The average Bonchev–Trinajstić information content (AvgIpc) is 2.28. The van der Waals surface area contributed by atoms with Gasteiger partial charge in [-0.1, -0.05) is 6.92 Å². The Morgan fingerprint density at radius 3 is 2.82 bits per heavy atom. The van der Waals surface area contributed by atoms with Gasteiger partial charge in [0, 0.05) is 34.5 Å². The van der Waals surface area contributed by atoms with Crippen LogP contribution in [0.15, 0.2) is 12.1 Å². The predicted octanol–water partition coefficient (Wildman–Crippen LogP) is 1.27. The second kappa shape index (κ2) is 6.34. The number of carbonyl (C=O) groups is 1. The standard InChI is InChI=1S/C11H16N2O3S/c1-3-17(16)7-6-12-10-9(11(14)15)5-4-8(2)13-10/h4-5H,3,6-7H2,1-2H3,(H,12,13)(H,14,15). The van der Waals surface area contributed by atoms with Crippen LogP contribution >= 0.6 is 0 Å². The van der Waals surface area contributed by atoms with E-state index in [0.29, 0.717) is 23.9 Å². The summed E-state index contributed by atoms with van der Waals surface area (Å²) in [6, 6.07) is 3.17. The van der Waals surface area contributed by atoms with E-state index in [0.717, 1.165) is 5.69 Å². The minimum atomic E-state index is -1.02. The molecule has 1 atom stereocenters. The topological polar surface area (TPSA) is 79.3 Å². The summed E-state index contributed by atoms with van der Waals surface area (Å²) in [5, 5.41) is 11.9. The molecule has 1 heterocycles. The van der Waals surface area contributed by atoms with Crippen molar-refractivity contribution < 1.29 is 14.1 Å². The van der Waals surface area contributed by atoms with Crippen LogP contribution in [0.5, 0.6) is 0 Å². The fourth-order valence-corrected chi connectivity index (χ4v) is 1.91. The number of carboxylic acids is 1. The summed E-state index contributed by atoms with van der Waals surface area (Å²) in [4.78, 5) is 15.1. The van der Waals surface area contributed by atoms with Crippen molar-refractivity contribution in [1.29, 1.82) is 0 Å². The molecule has 0 saturated heterocycles. The third-order valence-electron chi connectivity index (χ3n) is 2.21. The van der Waals surface area contributed by atoms with Gasteiger partial charge in [0.05, 0.1) is 0 Å². The number of hydrogen-bond acceptors (Lipinski definition) is 4. The summed E-state index contributed by atoms with van der Waals surface area (Å²) >= 11 is 0. The van der Waals surface area contributed by atoms with Crippen molar-refractivity contribution in [2.75, 3.05) is 23.4 Å². The van der Waals surface area contributed by atoms with Gasteiger partial charge in [0.25, 0.3) is 0 Å². The first kappa shape index (κ1) is 13.6. The molecular formula is C11H16N2O3S. The van der Waals surface area contributed by atoms with Crippen LogP contribution in [0.25, 0.3) is 0 Å². The lowest BCUT2D eigenvalue weighted by atomic mass is 10.2.